The van der Waals surface area contributed by atoms with E-state index in [4.69, 9.17) is 16.7 Å². The van der Waals surface area contributed by atoms with Crippen molar-refractivity contribution in [2.24, 2.45) is 7.05 Å². The van der Waals surface area contributed by atoms with Gasteiger partial charge in [0.05, 0.1) is 6.20 Å². The van der Waals surface area contributed by atoms with E-state index >= 15 is 0 Å². The van der Waals surface area contributed by atoms with Gasteiger partial charge in [-0.25, -0.2) is 4.98 Å². The lowest BCUT2D eigenvalue weighted by atomic mass is 10.2. The molecule has 0 unspecified atom stereocenters. The number of aliphatic hydroxyl groups excluding tert-OH is 1. The molecule has 1 aromatic rings. The minimum absolute atomic E-state index is 0.181. The number of aliphatic hydroxyl groups is 1. The van der Waals surface area contributed by atoms with Gasteiger partial charge in [-0.3, -0.25) is 4.79 Å². The number of carbonyl (C=O) groups excluding carboxylic acids is 1. The highest BCUT2D eigenvalue weighted by molar-refractivity contribution is 6.29. The molecule has 13 heavy (non-hydrogen) atoms. The highest BCUT2D eigenvalue weighted by Crippen LogP contribution is 2.10. The van der Waals surface area contributed by atoms with Crippen LogP contribution in [0.5, 0.6) is 0 Å². The van der Waals surface area contributed by atoms with E-state index in [0.29, 0.717) is 18.0 Å². The van der Waals surface area contributed by atoms with Crippen LogP contribution >= 0.6 is 11.6 Å². The molecule has 4 nitrogen and oxygen atoms in total. The van der Waals surface area contributed by atoms with E-state index in [2.05, 4.69) is 4.98 Å². The molecule has 0 aliphatic carbocycles. The fraction of sp³-hybridized carbons (Fsp3) is 0.500. The fourth-order valence-electron chi connectivity index (χ4n) is 0.987. The van der Waals surface area contributed by atoms with Crippen LogP contribution in [-0.2, 0) is 18.3 Å². The van der Waals surface area contributed by atoms with Gasteiger partial charge in [0.15, 0.2) is 5.78 Å². The maximum absolute atomic E-state index is 10.8. The Morgan fingerprint density at radius 1 is 1.77 bits per heavy atom. The molecule has 0 saturated carbocycles. The number of aromatic nitrogens is 2. The molecule has 0 fully saturated rings. The molecule has 1 rings (SSSR count). The summed E-state index contributed by atoms with van der Waals surface area (Å²) < 4.78 is 1.71. The van der Waals surface area contributed by atoms with Gasteiger partial charge < -0.3 is 9.67 Å². The summed E-state index contributed by atoms with van der Waals surface area (Å²) in [5.74, 6) is 0.575. The van der Waals surface area contributed by atoms with Gasteiger partial charge in [0.2, 0.25) is 0 Å². The molecule has 5 heteroatoms. The largest absolute Gasteiger partial charge is 0.389 e. The summed E-state index contributed by atoms with van der Waals surface area (Å²) in [6.45, 7) is -0.405. The van der Waals surface area contributed by atoms with Crippen molar-refractivity contribution in [2.45, 2.75) is 12.8 Å². The molecule has 0 aliphatic heterocycles. The molecule has 0 atom stereocenters. The van der Waals surface area contributed by atoms with Crippen LogP contribution in [-0.4, -0.2) is 27.0 Å². The van der Waals surface area contributed by atoms with E-state index in [0.717, 1.165) is 5.82 Å². The average Bonchev–Trinajstić information content (AvgIpc) is 2.44. The molecular formula is C8H11ClN2O2. The Labute approximate surface area is 81.2 Å². The molecule has 72 valence electrons. The second kappa shape index (κ2) is 4.39. The number of nitrogens with zero attached hydrogens (tertiary/aromatic N) is 2. The maximum Gasteiger partial charge on any atom is 0.158 e. The van der Waals surface area contributed by atoms with Gasteiger partial charge in [0.25, 0.3) is 0 Å². The van der Waals surface area contributed by atoms with Crippen LogP contribution in [0.15, 0.2) is 6.20 Å². The van der Waals surface area contributed by atoms with Crippen molar-refractivity contribution >= 4 is 17.4 Å². The Morgan fingerprint density at radius 2 is 2.46 bits per heavy atom. The highest BCUT2D eigenvalue weighted by Gasteiger charge is 2.06. The first-order valence-electron chi connectivity index (χ1n) is 3.93. The number of halogens is 1. The van der Waals surface area contributed by atoms with E-state index in [-0.39, 0.29) is 5.78 Å². The maximum atomic E-state index is 10.8. The summed E-state index contributed by atoms with van der Waals surface area (Å²) in [6.07, 6.45) is 2.36. The molecule has 1 heterocycles. The zero-order chi connectivity index (χ0) is 9.84. The van der Waals surface area contributed by atoms with Crippen molar-refractivity contribution in [2.75, 3.05) is 6.61 Å². The van der Waals surface area contributed by atoms with E-state index in [1.165, 1.54) is 0 Å². The standard InChI is InChI=1S/C8H11ClN2O2/c1-11-7(9)4-10-8(11)3-2-6(13)5-12/h4,12H,2-3,5H2,1H3. The summed E-state index contributed by atoms with van der Waals surface area (Å²) >= 11 is 5.74. The quantitative estimate of drug-likeness (QED) is 0.777. The zero-order valence-electron chi connectivity index (χ0n) is 7.33. The Bertz CT molecular complexity index is 309. The van der Waals surface area contributed by atoms with Crippen LogP contribution in [0.25, 0.3) is 0 Å². The van der Waals surface area contributed by atoms with Crippen LogP contribution < -0.4 is 0 Å². The fourth-order valence-corrected chi connectivity index (χ4v) is 1.13. The second-order valence-corrected chi connectivity index (χ2v) is 3.14. The third-order valence-corrected chi connectivity index (χ3v) is 2.18. The molecule has 0 spiro atoms. The molecule has 1 aromatic heterocycles. The van der Waals surface area contributed by atoms with Crippen LogP contribution in [0.3, 0.4) is 0 Å². The number of aryl methyl sites for hydroxylation is 1. The second-order valence-electron chi connectivity index (χ2n) is 2.75. The van der Waals surface area contributed by atoms with E-state index < -0.39 is 6.61 Å². The third-order valence-electron chi connectivity index (χ3n) is 1.83. The smallest absolute Gasteiger partial charge is 0.158 e. The summed E-state index contributed by atoms with van der Waals surface area (Å²) in [7, 11) is 1.79. The summed E-state index contributed by atoms with van der Waals surface area (Å²) in [6, 6.07) is 0. The van der Waals surface area contributed by atoms with Gasteiger partial charge in [-0.2, -0.15) is 0 Å². The Morgan fingerprint density at radius 3 is 2.92 bits per heavy atom. The average molecular weight is 203 g/mol. The number of hydrogen-bond acceptors (Lipinski definition) is 3. The number of rotatable bonds is 4. The predicted molar refractivity (Wildman–Crippen MR) is 48.6 cm³/mol. The predicted octanol–water partition coefficient (Wildman–Crippen LogP) is 0.567. The van der Waals surface area contributed by atoms with E-state index in [1.807, 2.05) is 0 Å². The first-order valence-corrected chi connectivity index (χ1v) is 4.31. The third kappa shape index (κ3) is 2.54. The summed E-state index contributed by atoms with van der Waals surface area (Å²) in [4.78, 5) is 14.8. The minimum Gasteiger partial charge on any atom is -0.389 e. The first kappa shape index (κ1) is 10.2. The van der Waals surface area contributed by atoms with Crippen molar-refractivity contribution in [3.8, 4) is 0 Å². The van der Waals surface area contributed by atoms with Gasteiger partial charge in [-0.05, 0) is 0 Å². The van der Waals surface area contributed by atoms with Gasteiger partial charge in [0.1, 0.15) is 17.6 Å². The van der Waals surface area contributed by atoms with Crippen LogP contribution in [0.1, 0.15) is 12.2 Å². The van der Waals surface area contributed by atoms with Crippen LogP contribution in [0.2, 0.25) is 5.15 Å². The van der Waals surface area contributed by atoms with E-state index in [1.54, 1.807) is 17.8 Å². The van der Waals surface area contributed by atoms with Gasteiger partial charge in [-0.15, -0.1) is 0 Å². The van der Waals surface area contributed by atoms with Crippen LogP contribution in [0.4, 0.5) is 0 Å². The Hall–Kier alpha value is -0.870. The minimum atomic E-state index is -0.405. The Kier molecular flexibility index (Phi) is 3.45. The van der Waals surface area contributed by atoms with Crippen molar-refractivity contribution in [3.05, 3.63) is 17.2 Å². The molecule has 0 saturated heterocycles. The number of Topliss-reactive ketones (excluding diaryl/α,β-unsaturated/α-hetero) is 1. The van der Waals surface area contributed by atoms with Crippen molar-refractivity contribution in [3.63, 3.8) is 0 Å². The molecule has 0 amide bonds. The van der Waals surface area contributed by atoms with Crippen molar-refractivity contribution < 1.29 is 9.90 Å². The van der Waals surface area contributed by atoms with E-state index in [9.17, 15) is 4.79 Å². The molecular weight excluding hydrogens is 192 g/mol. The van der Waals surface area contributed by atoms with Crippen molar-refractivity contribution in [1.82, 2.24) is 9.55 Å². The van der Waals surface area contributed by atoms with Gasteiger partial charge in [-0.1, -0.05) is 11.6 Å². The topological polar surface area (TPSA) is 55.1 Å². The highest BCUT2D eigenvalue weighted by atomic mass is 35.5. The molecule has 0 bridgehead atoms. The number of imidazole rings is 1. The summed E-state index contributed by atoms with van der Waals surface area (Å²) in [5, 5.41) is 9.03. The number of ketones is 1. The first-order chi connectivity index (χ1) is 6.15. The SMILES string of the molecule is Cn1c(Cl)cnc1CCC(=O)CO. The lowest BCUT2D eigenvalue weighted by Gasteiger charge is -2.00. The zero-order valence-corrected chi connectivity index (χ0v) is 8.08. The van der Waals surface area contributed by atoms with Crippen LogP contribution in [0, 0.1) is 0 Å². The van der Waals surface area contributed by atoms with Gasteiger partial charge in [0, 0.05) is 19.9 Å². The van der Waals surface area contributed by atoms with Gasteiger partial charge >= 0.3 is 0 Å². The monoisotopic (exact) mass is 202 g/mol. The lowest BCUT2D eigenvalue weighted by molar-refractivity contribution is -0.121. The molecule has 1 N–H and O–H groups in total. The molecule has 0 radical (unpaired) electrons. The normalized spacial score (nSPS) is 10.4. The number of hydrogen-bond donors (Lipinski definition) is 1. The Balaban J connectivity index is 2.55. The molecule has 0 aromatic carbocycles. The lowest BCUT2D eigenvalue weighted by Crippen LogP contribution is -2.07. The van der Waals surface area contributed by atoms with Crippen molar-refractivity contribution in [1.29, 1.82) is 0 Å². The number of carbonyl (C=O) groups is 1. The summed E-state index contributed by atoms with van der Waals surface area (Å²) in [5.41, 5.74) is 0. The molecule has 0 aliphatic rings.